The first-order chi connectivity index (χ1) is 17.5. The second-order valence-electron chi connectivity index (χ2n) is 9.26. The minimum Gasteiger partial charge on any atom is -0.507 e. The van der Waals surface area contributed by atoms with E-state index in [0.717, 1.165) is 63.1 Å². The van der Waals surface area contributed by atoms with Crippen LogP contribution in [0.4, 0.5) is 0 Å². The highest BCUT2D eigenvalue weighted by Crippen LogP contribution is 2.39. The third-order valence-corrected chi connectivity index (χ3v) is 6.62. The summed E-state index contributed by atoms with van der Waals surface area (Å²) in [7, 11) is 0. The summed E-state index contributed by atoms with van der Waals surface area (Å²) in [5.41, 5.74) is 1.45. The van der Waals surface area contributed by atoms with Crippen LogP contribution in [-0.4, -0.2) is 59.4 Å². The van der Waals surface area contributed by atoms with Crippen LogP contribution in [0.15, 0.2) is 60.2 Å². The van der Waals surface area contributed by atoms with E-state index in [1.54, 1.807) is 29.2 Å². The average Bonchev–Trinajstić information content (AvgIpc) is 3.15. The van der Waals surface area contributed by atoms with Crippen LogP contribution in [0.2, 0.25) is 0 Å². The lowest BCUT2D eigenvalue weighted by atomic mass is 9.95. The van der Waals surface area contributed by atoms with E-state index in [0.29, 0.717) is 18.7 Å². The molecular formula is C30H40N2O4. The molecule has 2 aromatic carbocycles. The molecule has 1 unspecified atom stereocenters. The molecule has 3 rings (SSSR count). The number of nitrogens with zero attached hydrogens (tertiary/aromatic N) is 2. The van der Waals surface area contributed by atoms with Crippen LogP contribution in [0.5, 0.6) is 5.75 Å². The molecule has 0 radical (unpaired) electrons. The molecule has 1 fully saturated rings. The van der Waals surface area contributed by atoms with Gasteiger partial charge in [0.15, 0.2) is 0 Å². The van der Waals surface area contributed by atoms with Crippen molar-refractivity contribution in [1.29, 1.82) is 0 Å². The minimum absolute atomic E-state index is 0.136. The van der Waals surface area contributed by atoms with Gasteiger partial charge in [-0.1, -0.05) is 69.2 Å². The molecule has 1 N–H and O–H groups in total. The number of benzene rings is 2. The number of ketones is 1. The summed E-state index contributed by atoms with van der Waals surface area (Å²) in [4.78, 5) is 30.5. The largest absolute Gasteiger partial charge is 0.507 e. The number of carbonyl (C=O) groups excluding carboxylic acids is 2. The third kappa shape index (κ3) is 6.76. The van der Waals surface area contributed by atoms with Crippen molar-refractivity contribution in [2.75, 3.05) is 32.8 Å². The van der Waals surface area contributed by atoms with Gasteiger partial charge < -0.3 is 19.6 Å². The van der Waals surface area contributed by atoms with Crippen molar-refractivity contribution in [2.24, 2.45) is 0 Å². The first-order valence-electron chi connectivity index (χ1n) is 13.3. The Bertz CT molecular complexity index is 1010. The normalized spacial score (nSPS) is 17.2. The van der Waals surface area contributed by atoms with Gasteiger partial charge in [-0.2, -0.15) is 0 Å². The van der Waals surface area contributed by atoms with Crippen molar-refractivity contribution < 1.29 is 19.4 Å². The summed E-state index contributed by atoms with van der Waals surface area (Å²) in [6.45, 7) is 10.3. The molecule has 0 bridgehead atoms. The van der Waals surface area contributed by atoms with Gasteiger partial charge in [0, 0.05) is 12.1 Å². The Morgan fingerprint density at radius 3 is 2.08 bits per heavy atom. The first kappa shape index (κ1) is 27.5. The second kappa shape index (κ2) is 13.8. The summed E-state index contributed by atoms with van der Waals surface area (Å²) in [5, 5.41) is 11.2. The Hall–Kier alpha value is -3.12. The van der Waals surface area contributed by atoms with Crippen LogP contribution in [0, 0.1) is 0 Å². The van der Waals surface area contributed by atoms with E-state index in [4.69, 9.17) is 4.74 Å². The summed E-state index contributed by atoms with van der Waals surface area (Å²) < 4.78 is 5.58. The van der Waals surface area contributed by atoms with Gasteiger partial charge in [0.25, 0.3) is 11.7 Å². The number of hydrogen-bond acceptors (Lipinski definition) is 5. The van der Waals surface area contributed by atoms with Gasteiger partial charge in [-0.3, -0.25) is 9.59 Å². The van der Waals surface area contributed by atoms with Gasteiger partial charge in [-0.15, -0.1) is 0 Å². The molecule has 6 nitrogen and oxygen atoms in total. The Balaban J connectivity index is 1.90. The molecule has 1 amide bonds. The lowest BCUT2D eigenvalue weighted by Gasteiger charge is -2.27. The molecule has 2 aromatic rings. The number of Topliss-reactive ketones (excluding diaryl/α,β-unsaturated/α-hetero) is 1. The summed E-state index contributed by atoms with van der Waals surface area (Å²) in [5.74, 6) is -0.601. The fraction of sp³-hybridized carbons (Fsp3) is 0.467. The molecule has 0 aliphatic carbocycles. The highest BCUT2D eigenvalue weighted by molar-refractivity contribution is 6.46. The van der Waals surface area contributed by atoms with Crippen molar-refractivity contribution >= 4 is 17.4 Å². The standard InChI is InChI=1S/C30H40N2O4/c1-4-7-19-31(20-8-5-2)21-12-22-32-27(23-15-17-25(18-16-23)36-6-3)26(29(34)30(32)35)28(33)24-13-10-9-11-14-24/h9-11,13-18,27,33H,4-8,12,19-22H2,1-3H3. The summed E-state index contributed by atoms with van der Waals surface area (Å²) in [6.07, 6.45) is 5.36. The monoisotopic (exact) mass is 492 g/mol. The summed E-state index contributed by atoms with van der Waals surface area (Å²) >= 11 is 0. The molecule has 0 saturated carbocycles. The Labute approximate surface area is 215 Å². The molecule has 1 atom stereocenters. The van der Waals surface area contributed by atoms with Crippen molar-refractivity contribution in [3.8, 4) is 5.75 Å². The molecule has 194 valence electrons. The van der Waals surface area contributed by atoms with Gasteiger partial charge >= 0.3 is 0 Å². The average molecular weight is 493 g/mol. The highest BCUT2D eigenvalue weighted by atomic mass is 16.5. The van der Waals surface area contributed by atoms with Crippen LogP contribution in [-0.2, 0) is 9.59 Å². The SMILES string of the molecule is CCCCN(CCCC)CCCN1C(=O)C(=O)C(=C(O)c2ccccc2)C1c1ccc(OCC)cc1. The first-order valence-corrected chi connectivity index (χ1v) is 13.3. The predicted molar refractivity (Wildman–Crippen MR) is 144 cm³/mol. The smallest absolute Gasteiger partial charge is 0.295 e. The number of ether oxygens (including phenoxy) is 1. The van der Waals surface area contributed by atoms with E-state index in [1.165, 1.54) is 0 Å². The maximum atomic E-state index is 13.2. The van der Waals surface area contributed by atoms with Crippen molar-refractivity contribution in [3.63, 3.8) is 0 Å². The molecule has 0 spiro atoms. The fourth-order valence-corrected chi connectivity index (χ4v) is 4.69. The van der Waals surface area contributed by atoms with E-state index >= 15 is 0 Å². The molecule has 0 aromatic heterocycles. The number of unbranched alkanes of at least 4 members (excludes halogenated alkanes) is 2. The van der Waals surface area contributed by atoms with E-state index < -0.39 is 17.7 Å². The summed E-state index contributed by atoms with van der Waals surface area (Å²) in [6, 6.07) is 15.8. The maximum Gasteiger partial charge on any atom is 0.295 e. The molecule has 1 aliphatic rings. The van der Waals surface area contributed by atoms with Crippen molar-refractivity contribution in [2.45, 2.75) is 58.9 Å². The van der Waals surface area contributed by atoms with Crippen LogP contribution in [0.25, 0.3) is 5.76 Å². The van der Waals surface area contributed by atoms with Gasteiger partial charge in [0.2, 0.25) is 0 Å². The van der Waals surface area contributed by atoms with Crippen LogP contribution < -0.4 is 4.74 Å². The third-order valence-electron chi connectivity index (χ3n) is 6.62. The molecule has 1 saturated heterocycles. The zero-order valence-corrected chi connectivity index (χ0v) is 21.9. The lowest BCUT2D eigenvalue weighted by molar-refractivity contribution is -0.140. The van der Waals surface area contributed by atoms with Crippen LogP contribution >= 0.6 is 0 Å². The molecule has 6 heteroatoms. The number of carbonyl (C=O) groups is 2. The van der Waals surface area contributed by atoms with E-state index in [2.05, 4.69) is 18.7 Å². The Morgan fingerprint density at radius 1 is 0.889 bits per heavy atom. The van der Waals surface area contributed by atoms with Crippen LogP contribution in [0.1, 0.15) is 70.0 Å². The van der Waals surface area contributed by atoms with E-state index in [-0.39, 0.29) is 11.3 Å². The molecule has 1 aliphatic heterocycles. The highest BCUT2D eigenvalue weighted by Gasteiger charge is 2.45. The fourth-order valence-electron chi connectivity index (χ4n) is 4.69. The Kier molecular flexibility index (Phi) is 10.6. The number of aliphatic hydroxyl groups is 1. The quantitative estimate of drug-likeness (QED) is 0.205. The van der Waals surface area contributed by atoms with E-state index in [9.17, 15) is 14.7 Å². The predicted octanol–water partition coefficient (Wildman–Crippen LogP) is 5.80. The second-order valence-corrected chi connectivity index (χ2v) is 9.26. The number of rotatable bonds is 14. The maximum absolute atomic E-state index is 13.2. The number of amides is 1. The van der Waals surface area contributed by atoms with Gasteiger partial charge in [0.05, 0.1) is 18.2 Å². The zero-order valence-electron chi connectivity index (χ0n) is 21.9. The number of likely N-dealkylation sites (tertiary alicyclic amines) is 1. The zero-order chi connectivity index (χ0) is 25.9. The topological polar surface area (TPSA) is 70.1 Å². The van der Waals surface area contributed by atoms with Crippen molar-refractivity contribution in [1.82, 2.24) is 9.80 Å². The van der Waals surface area contributed by atoms with E-state index in [1.807, 2.05) is 37.3 Å². The molecule has 36 heavy (non-hydrogen) atoms. The minimum atomic E-state index is -0.638. The number of aliphatic hydroxyl groups excluding tert-OH is 1. The molecular weight excluding hydrogens is 452 g/mol. The Morgan fingerprint density at radius 2 is 1.50 bits per heavy atom. The van der Waals surface area contributed by atoms with Gasteiger partial charge in [0.1, 0.15) is 11.5 Å². The van der Waals surface area contributed by atoms with Gasteiger partial charge in [-0.05, 0) is 63.5 Å². The van der Waals surface area contributed by atoms with Crippen LogP contribution in [0.3, 0.4) is 0 Å². The number of hydrogen-bond donors (Lipinski definition) is 1. The van der Waals surface area contributed by atoms with Gasteiger partial charge in [-0.25, -0.2) is 0 Å². The lowest BCUT2D eigenvalue weighted by Crippen LogP contribution is -2.34. The molecule has 1 heterocycles. The van der Waals surface area contributed by atoms with Crippen molar-refractivity contribution in [3.05, 3.63) is 71.3 Å².